The molecule has 0 saturated heterocycles. The van der Waals surface area contributed by atoms with Crippen LogP contribution in [0.5, 0.6) is 0 Å². The lowest BCUT2D eigenvalue weighted by Gasteiger charge is -1.99. The highest BCUT2D eigenvalue weighted by atomic mass is 16.3. The van der Waals surface area contributed by atoms with Gasteiger partial charge in [-0.25, -0.2) is 0 Å². The molecule has 64 valence electrons. The number of hydrogen-bond donors (Lipinski definition) is 1. The lowest BCUT2D eigenvalue weighted by molar-refractivity contribution is 0.182. The van der Waals surface area contributed by atoms with Crippen LogP contribution in [-0.4, -0.2) is 26.6 Å². The number of nitrogens with zero attached hydrogens (tertiary/aromatic N) is 6. The molecule has 0 aliphatic heterocycles. The van der Waals surface area contributed by atoms with Crippen LogP contribution in [0.2, 0.25) is 0 Å². The van der Waals surface area contributed by atoms with Crippen molar-refractivity contribution < 1.29 is 5.11 Å². The third-order valence-electron chi connectivity index (χ3n) is 1.28. The topological polar surface area (TPSA) is 99.7 Å². The molecule has 0 fully saturated rings. The molecule has 0 aromatic carbocycles. The van der Waals surface area contributed by atoms with Gasteiger partial charge in [0.1, 0.15) is 11.8 Å². The lowest BCUT2D eigenvalue weighted by Crippen LogP contribution is -2.00. The van der Waals surface area contributed by atoms with Gasteiger partial charge in [-0.3, -0.25) is 4.68 Å². The van der Waals surface area contributed by atoms with Gasteiger partial charge in [-0.05, 0) is 5.53 Å². The fraction of sp³-hybridized carbons (Fsp3) is 0.600. The van der Waals surface area contributed by atoms with Gasteiger partial charge in [0.15, 0.2) is 0 Å². The van der Waals surface area contributed by atoms with Crippen molar-refractivity contribution in [3.8, 4) is 0 Å². The first-order valence-corrected chi connectivity index (χ1v) is 3.29. The van der Waals surface area contributed by atoms with Gasteiger partial charge in [-0.2, -0.15) is 0 Å². The van der Waals surface area contributed by atoms with E-state index in [0.717, 1.165) is 0 Å². The molecule has 1 rings (SSSR count). The minimum absolute atomic E-state index is 0.0187. The van der Waals surface area contributed by atoms with Gasteiger partial charge >= 0.3 is 0 Å². The van der Waals surface area contributed by atoms with Crippen molar-refractivity contribution in [2.45, 2.75) is 6.10 Å². The van der Waals surface area contributed by atoms with E-state index in [-0.39, 0.29) is 6.54 Å². The van der Waals surface area contributed by atoms with Crippen molar-refractivity contribution in [1.82, 2.24) is 15.0 Å². The second-order valence-corrected chi connectivity index (χ2v) is 2.25. The molecule has 1 N–H and O–H groups in total. The maximum Gasteiger partial charge on any atom is 0.111 e. The highest BCUT2D eigenvalue weighted by molar-refractivity contribution is 4.97. The summed E-state index contributed by atoms with van der Waals surface area (Å²) in [5.74, 6) is 0. The summed E-state index contributed by atoms with van der Waals surface area (Å²) in [7, 11) is 1.69. The maximum atomic E-state index is 9.28. The monoisotopic (exact) mass is 168 g/mol. The van der Waals surface area contributed by atoms with Crippen LogP contribution >= 0.6 is 0 Å². The first-order valence-electron chi connectivity index (χ1n) is 3.29. The van der Waals surface area contributed by atoms with E-state index in [0.29, 0.717) is 5.69 Å². The summed E-state index contributed by atoms with van der Waals surface area (Å²) < 4.78 is 1.47. The molecule has 0 bridgehead atoms. The zero-order chi connectivity index (χ0) is 8.97. The molecule has 1 atom stereocenters. The van der Waals surface area contributed by atoms with Crippen LogP contribution in [-0.2, 0) is 7.05 Å². The molecule has 0 aliphatic carbocycles. The van der Waals surface area contributed by atoms with Gasteiger partial charge in [-0.1, -0.05) is 10.3 Å². The van der Waals surface area contributed by atoms with E-state index >= 15 is 0 Å². The smallest absolute Gasteiger partial charge is 0.111 e. The van der Waals surface area contributed by atoms with Crippen LogP contribution in [0.1, 0.15) is 11.8 Å². The Balaban J connectivity index is 2.64. The summed E-state index contributed by atoms with van der Waals surface area (Å²) in [6.45, 7) is -0.0187. The predicted molar refractivity (Wildman–Crippen MR) is 40.0 cm³/mol. The van der Waals surface area contributed by atoms with Gasteiger partial charge in [-0.15, -0.1) is 5.10 Å². The molecule has 1 aromatic rings. The van der Waals surface area contributed by atoms with E-state index in [1.54, 1.807) is 13.2 Å². The zero-order valence-corrected chi connectivity index (χ0v) is 6.49. The van der Waals surface area contributed by atoms with Crippen LogP contribution < -0.4 is 0 Å². The Hall–Kier alpha value is -1.59. The van der Waals surface area contributed by atoms with Crippen LogP contribution in [0.4, 0.5) is 0 Å². The number of hydrogen-bond acceptors (Lipinski definition) is 4. The van der Waals surface area contributed by atoms with E-state index in [1.807, 2.05) is 0 Å². The molecule has 0 saturated carbocycles. The molecule has 7 heteroatoms. The second kappa shape index (κ2) is 3.70. The van der Waals surface area contributed by atoms with Crippen molar-refractivity contribution in [1.29, 1.82) is 0 Å². The normalized spacial score (nSPS) is 12.2. The van der Waals surface area contributed by atoms with Gasteiger partial charge in [0, 0.05) is 12.0 Å². The molecule has 1 aromatic heterocycles. The number of azide groups is 1. The summed E-state index contributed by atoms with van der Waals surface area (Å²) in [5, 5.41) is 19.8. The summed E-state index contributed by atoms with van der Waals surface area (Å²) in [5.41, 5.74) is 8.38. The third-order valence-corrected chi connectivity index (χ3v) is 1.28. The number of rotatable bonds is 3. The quantitative estimate of drug-likeness (QED) is 0.395. The van der Waals surface area contributed by atoms with Gasteiger partial charge in [0.05, 0.1) is 12.7 Å². The molecular weight excluding hydrogens is 160 g/mol. The molecule has 0 unspecified atom stereocenters. The van der Waals surface area contributed by atoms with Crippen molar-refractivity contribution in [3.05, 3.63) is 22.3 Å². The van der Waals surface area contributed by atoms with E-state index in [1.165, 1.54) is 4.68 Å². The zero-order valence-electron chi connectivity index (χ0n) is 6.49. The van der Waals surface area contributed by atoms with Crippen LogP contribution in [0.3, 0.4) is 0 Å². The Kier molecular flexibility index (Phi) is 2.62. The summed E-state index contributed by atoms with van der Waals surface area (Å²) >= 11 is 0. The minimum atomic E-state index is -0.866. The van der Waals surface area contributed by atoms with E-state index < -0.39 is 6.10 Å². The largest absolute Gasteiger partial charge is 0.387 e. The van der Waals surface area contributed by atoms with E-state index in [2.05, 4.69) is 20.3 Å². The Morgan fingerprint density at radius 3 is 3.17 bits per heavy atom. The fourth-order valence-corrected chi connectivity index (χ4v) is 0.725. The average molecular weight is 168 g/mol. The van der Waals surface area contributed by atoms with Crippen molar-refractivity contribution in [3.63, 3.8) is 0 Å². The number of aromatic nitrogens is 3. The summed E-state index contributed by atoms with van der Waals surface area (Å²) in [6.07, 6.45) is 0.701. The predicted octanol–water partition coefficient (Wildman–Crippen LogP) is 0.159. The van der Waals surface area contributed by atoms with Gasteiger partial charge < -0.3 is 5.11 Å². The molecular formula is C5H8N6O. The Morgan fingerprint density at radius 1 is 1.92 bits per heavy atom. The van der Waals surface area contributed by atoms with Gasteiger partial charge in [0.2, 0.25) is 0 Å². The molecule has 12 heavy (non-hydrogen) atoms. The number of aliphatic hydroxyl groups excluding tert-OH is 1. The Morgan fingerprint density at radius 2 is 2.67 bits per heavy atom. The lowest BCUT2D eigenvalue weighted by atomic mass is 10.3. The molecule has 1 heterocycles. The Labute approximate surface area is 68.2 Å². The maximum absolute atomic E-state index is 9.28. The molecule has 7 nitrogen and oxygen atoms in total. The molecule has 0 radical (unpaired) electrons. The van der Waals surface area contributed by atoms with E-state index in [9.17, 15) is 5.11 Å². The fourth-order valence-electron chi connectivity index (χ4n) is 0.725. The van der Waals surface area contributed by atoms with Crippen molar-refractivity contribution in [2.24, 2.45) is 12.2 Å². The standard InChI is InChI=1S/C5H8N6O/c1-11-3-4(8-10-11)5(12)2-7-9-6/h3,5,12H,2H2,1H3/t5-/m1/s1. The highest BCUT2D eigenvalue weighted by Crippen LogP contribution is 2.07. The van der Waals surface area contributed by atoms with Crippen LogP contribution in [0, 0.1) is 0 Å². The third kappa shape index (κ3) is 1.94. The second-order valence-electron chi connectivity index (χ2n) is 2.25. The highest BCUT2D eigenvalue weighted by Gasteiger charge is 2.09. The summed E-state index contributed by atoms with van der Waals surface area (Å²) in [4.78, 5) is 2.52. The van der Waals surface area contributed by atoms with Crippen LogP contribution in [0.25, 0.3) is 10.4 Å². The van der Waals surface area contributed by atoms with Crippen molar-refractivity contribution in [2.75, 3.05) is 6.54 Å². The Bertz CT molecular complexity index is 301. The van der Waals surface area contributed by atoms with E-state index in [4.69, 9.17) is 5.53 Å². The first-order chi connectivity index (χ1) is 5.74. The SMILES string of the molecule is Cn1cc([C@H](O)CN=[N+]=[N-])nn1. The summed E-state index contributed by atoms with van der Waals surface area (Å²) in [6, 6.07) is 0. The van der Waals surface area contributed by atoms with Crippen molar-refractivity contribution >= 4 is 0 Å². The first kappa shape index (κ1) is 8.51. The average Bonchev–Trinajstić information content (AvgIpc) is 2.47. The van der Waals surface area contributed by atoms with Crippen LogP contribution in [0.15, 0.2) is 11.3 Å². The number of aliphatic hydroxyl groups is 1. The van der Waals surface area contributed by atoms with Gasteiger partial charge in [0.25, 0.3) is 0 Å². The molecule has 0 amide bonds. The number of aryl methyl sites for hydroxylation is 1. The minimum Gasteiger partial charge on any atom is -0.387 e. The molecule has 0 aliphatic rings. The molecule has 0 spiro atoms.